The highest BCUT2D eigenvalue weighted by molar-refractivity contribution is 7.17. The summed E-state index contributed by atoms with van der Waals surface area (Å²) in [6.45, 7) is 1.95. The van der Waals surface area contributed by atoms with E-state index < -0.39 is 0 Å². The Balaban J connectivity index is 1.88. The summed E-state index contributed by atoms with van der Waals surface area (Å²) in [5.41, 5.74) is 0. The first-order valence-corrected chi connectivity index (χ1v) is 7.45. The Bertz CT molecular complexity index is 761. The quantitative estimate of drug-likeness (QED) is 0.794. The molecular formula is C13H12ClN5OS. The number of hydrogen-bond donors (Lipinski definition) is 1. The number of methoxy groups -OCH3 is 1. The molecule has 108 valence electrons. The molecule has 8 heteroatoms. The van der Waals surface area contributed by atoms with Gasteiger partial charge < -0.3 is 10.1 Å². The van der Waals surface area contributed by atoms with Gasteiger partial charge in [0.2, 0.25) is 0 Å². The van der Waals surface area contributed by atoms with Gasteiger partial charge in [-0.15, -0.1) is 11.3 Å². The summed E-state index contributed by atoms with van der Waals surface area (Å²) in [6.07, 6.45) is 4.78. The molecule has 0 bridgehead atoms. The van der Waals surface area contributed by atoms with E-state index in [-0.39, 0.29) is 6.04 Å². The highest BCUT2D eigenvalue weighted by Gasteiger charge is 2.14. The summed E-state index contributed by atoms with van der Waals surface area (Å²) < 4.78 is 5.05. The zero-order valence-corrected chi connectivity index (χ0v) is 12.9. The van der Waals surface area contributed by atoms with Gasteiger partial charge in [-0.1, -0.05) is 11.6 Å². The number of thiophene rings is 1. The van der Waals surface area contributed by atoms with Crippen LogP contribution in [0, 0.1) is 0 Å². The van der Waals surface area contributed by atoms with E-state index in [0.717, 1.165) is 10.2 Å². The van der Waals surface area contributed by atoms with Crippen molar-refractivity contribution in [3.8, 4) is 5.75 Å². The molecule has 1 unspecified atom stereocenters. The molecule has 1 N–H and O–H groups in total. The number of hydrogen-bond acceptors (Lipinski definition) is 7. The highest BCUT2D eigenvalue weighted by Crippen LogP contribution is 2.33. The Morgan fingerprint density at radius 3 is 2.71 bits per heavy atom. The summed E-state index contributed by atoms with van der Waals surface area (Å²) in [7, 11) is 1.58. The zero-order chi connectivity index (χ0) is 14.8. The Morgan fingerprint density at radius 1 is 1.24 bits per heavy atom. The lowest BCUT2D eigenvalue weighted by molar-refractivity contribution is 0.409. The first kappa shape index (κ1) is 14.0. The van der Waals surface area contributed by atoms with Crippen LogP contribution in [0.15, 0.2) is 24.1 Å². The van der Waals surface area contributed by atoms with Crippen molar-refractivity contribution in [2.45, 2.75) is 13.0 Å². The molecule has 0 aliphatic rings. The maximum atomic E-state index is 6.19. The summed E-state index contributed by atoms with van der Waals surface area (Å²) in [6, 6.07) is -0.120. The summed E-state index contributed by atoms with van der Waals surface area (Å²) >= 11 is 7.67. The van der Waals surface area contributed by atoms with Crippen LogP contribution in [0.5, 0.6) is 5.75 Å². The van der Waals surface area contributed by atoms with Crippen LogP contribution in [0.25, 0.3) is 10.2 Å². The minimum Gasteiger partial charge on any atom is -0.494 e. The fourth-order valence-electron chi connectivity index (χ4n) is 1.87. The van der Waals surface area contributed by atoms with Crippen LogP contribution in [0.4, 0.5) is 5.82 Å². The van der Waals surface area contributed by atoms with Gasteiger partial charge >= 0.3 is 0 Å². The van der Waals surface area contributed by atoms with E-state index in [1.165, 1.54) is 17.7 Å². The van der Waals surface area contributed by atoms with E-state index in [0.29, 0.717) is 22.4 Å². The second kappa shape index (κ2) is 5.79. The number of nitrogens with zero attached hydrogens (tertiary/aromatic N) is 4. The van der Waals surface area contributed by atoms with Crippen LogP contribution in [0.1, 0.15) is 18.8 Å². The zero-order valence-electron chi connectivity index (χ0n) is 11.4. The third kappa shape index (κ3) is 2.74. The van der Waals surface area contributed by atoms with Crippen LogP contribution in [-0.4, -0.2) is 27.0 Å². The van der Waals surface area contributed by atoms with Gasteiger partial charge in [0, 0.05) is 5.38 Å². The third-order valence-corrected chi connectivity index (χ3v) is 4.26. The van der Waals surface area contributed by atoms with E-state index in [2.05, 4.69) is 25.3 Å². The molecule has 0 aromatic carbocycles. The number of fused-ring (bicyclic) bond motifs is 1. The molecule has 3 heterocycles. The van der Waals surface area contributed by atoms with Gasteiger partial charge in [0.1, 0.15) is 22.8 Å². The second-order valence-electron chi connectivity index (χ2n) is 4.33. The molecule has 0 amide bonds. The largest absolute Gasteiger partial charge is 0.494 e. The number of halogens is 1. The molecule has 0 aliphatic heterocycles. The van der Waals surface area contributed by atoms with Crippen LogP contribution >= 0.6 is 22.9 Å². The summed E-state index contributed by atoms with van der Waals surface area (Å²) in [5, 5.41) is 6.58. The lowest BCUT2D eigenvalue weighted by Crippen LogP contribution is -2.11. The molecular weight excluding hydrogens is 310 g/mol. The lowest BCUT2D eigenvalue weighted by atomic mass is 10.3. The van der Waals surface area contributed by atoms with Crippen molar-refractivity contribution in [3.63, 3.8) is 0 Å². The first-order chi connectivity index (χ1) is 10.2. The van der Waals surface area contributed by atoms with Crippen molar-refractivity contribution < 1.29 is 4.74 Å². The van der Waals surface area contributed by atoms with Gasteiger partial charge in [0.25, 0.3) is 0 Å². The average Bonchev–Trinajstić information content (AvgIpc) is 2.90. The lowest BCUT2D eigenvalue weighted by Gasteiger charge is -2.14. The number of aromatic nitrogens is 4. The van der Waals surface area contributed by atoms with Crippen molar-refractivity contribution in [1.29, 1.82) is 0 Å². The molecule has 0 radical (unpaired) electrons. The number of rotatable bonds is 4. The second-order valence-corrected chi connectivity index (χ2v) is 5.60. The van der Waals surface area contributed by atoms with Gasteiger partial charge in [-0.2, -0.15) is 0 Å². The minimum atomic E-state index is -0.120. The van der Waals surface area contributed by atoms with Crippen LogP contribution in [0.2, 0.25) is 5.02 Å². The van der Waals surface area contributed by atoms with E-state index >= 15 is 0 Å². The highest BCUT2D eigenvalue weighted by atomic mass is 35.5. The number of ether oxygens (including phenoxy) is 1. The summed E-state index contributed by atoms with van der Waals surface area (Å²) in [5.74, 6) is 1.95. The molecule has 1 atom stereocenters. The fraction of sp³-hybridized carbons (Fsp3) is 0.231. The van der Waals surface area contributed by atoms with Gasteiger partial charge in [-0.25, -0.2) is 19.9 Å². The SMILES string of the molecule is COc1cnc(C(C)Nc2ncnc3scc(Cl)c23)nc1. The van der Waals surface area contributed by atoms with Crippen molar-refractivity contribution in [2.24, 2.45) is 0 Å². The maximum absolute atomic E-state index is 6.19. The van der Waals surface area contributed by atoms with Crippen molar-refractivity contribution in [1.82, 2.24) is 19.9 Å². The molecule has 3 aromatic heterocycles. The van der Waals surface area contributed by atoms with Crippen molar-refractivity contribution >= 4 is 39.0 Å². The van der Waals surface area contributed by atoms with Crippen molar-refractivity contribution in [3.05, 3.63) is 34.9 Å². The molecule has 3 aromatic rings. The smallest absolute Gasteiger partial charge is 0.155 e. The normalized spacial score (nSPS) is 12.3. The Labute approximate surface area is 130 Å². The molecule has 0 spiro atoms. The number of anilines is 1. The molecule has 3 rings (SSSR count). The van der Waals surface area contributed by atoms with Crippen LogP contribution in [0.3, 0.4) is 0 Å². The molecule has 0 saturated carbocycles. The Morgan fingerprint density at radius 2 is 2.00 bits per heavy atom. The maximum Gasteiger partial charge on any atom is 0.155 e. The van der Waals surface area contributed by atoms with E-state index in [4.69, 9.17) is 16.3 Å². The molecule has 0 fully saturated rings. The molecule has 6 nitrogen and oxygen atoms in total. The Kier molecular flexibility index (Phi) is 3.85. The first-order valence-electron chi connectivity index (χ1n) is 6.19. The minimum absolute atomic E-state index is 0.120. The topological polar surface area (TPSA) is 72.8 Å². The molecule has 21 heavy (non-hydrogen) atoms. The van der Waals surface area contributed by atoms with Crippen LogP contribution < -0.4 is 10.1 Å². The number of nitrogens with one attached hydrogen (secondary N) is 1. The van der Waals surface area contributed by atoms with Gasteiger partial charge in [0.05, 0.1) is 36.0 Å². The van der Waals surface area contributed by atoms with Crippen molar-refractivity contribution in [2.75, 3.05) is 12.4 Å². The average molecular weight is 322 g/mol. The summed E-state index contributed by atoms with van der Waals surface area (Å²) in [4.78, 5) is 17.8. The monoisotopic (exact) mass is 321 g/mol. The standard InChI is InChI=1S/C13H12ClN5OS/c1-7(11-15-3-8(20-2)4-16-11)19-12-10-9(14)5-21-13(10)18-6-17-12/h3-7H,1-2H3,(H,17,18,19). The molecule has 0 aliphatic carbocycles. The van der Waals surface area contributed by atoms with E-state index in [9.17, 15) is 0 Å². The van der Waals surface area contributed by atoms with E-state index in [1.807, 2.05) is 12.3 Å². The predicted octanol–water partition coefficient (Wildman–Crippen LogP) is 3.32. The third-order valence-electron chi connectivity index (χ3n) is 2.95. The van der Waals surface area contributed by atoms with E-state index in [1.54, 1.807) is 19.5 Å². The van der Waals surface area contributed by atoms with Gasteiger partial charge in [-0.05, 0) is 6.92 Å². The fourth-order valence-corrected chi connectivity index (χ4v) is 3.01. The Hall–Kier alpha value is -1.99. The predicted molar refractivity (Wildman–Crippen MR) is 83.0 cm³/mol. The molecule has 0 saturated heterocycles. The van der Waals surface area contributed by atoms with Gasteiger partial charge in [-0.3, -0.25) is 0 Å². The van der Waals surface area contributed by atoms with Crippen LogP contribution in [-0.2, 0) is 0 Å². The van der Waals surface area contributed by atoms with Gasteiger partial charge in [0.15, 0.2) is 5.75 Å².